The fourth-order valence-electron chi connectivity index (χ4n) is 1.58. The zero-order chi connectivity index (χ0) is 13.8. The highest BCUT2D eigenvalue weighted by atomic mass is 16.6. The van der Waals surface area contributed by atoms with Gasteiger partial charge < -0.3 is 10.5 Å². The molecule has 100 valence electrons. The zero-order valence-electron chi connectivity index (χ0n) is 11.1. The molecule has 5 heteroatoms. The number of nitrogens with two attached hydrogens (primary N) is 1. The van der Waals surface area contributed by atoms with E-state index in [9.17, 15) is 10.1 Å². The third-order valence-corrected chi connectivity index (χ3v) is 3.29. The summed E-state index contributed by atoms with van der Waals surface area (Å²) in [5, 5.41) is 10.6. The number of hydrogen-bond acceptors (Lipinski definition) is 4. The van der Waals surface area contributed by atoms with Gasteiger partial charge in [0.2, 0.25) is 0 Å². The van der Waals surface area contributed by atoms with Crippen LogP contribution in [0.2, 0.25) is 0 Å². The molecule has 0 fully saturated rings. The summed E-state index contributed by atoms with van der Waals surface area (Å²) in [4.78, 5) is 10.2. The van der Waals surface area contributed by atoms with Gasteiger partial charge in [-0.1, -0.05) is 13.8 Å². The Hall–Kier alpha value is -1.62. The fourth-order valence-corrected chi connectivity index (χ4v) is 1.58. The van der Waals surface area contributed by atoms with E-state index in [0.717, 1.165) is 18.4 Å². The molecule has 2 N–H and O–H groups in total. The van der Waals surface area contributed by atoms with Gasteiger partial charge in [-0.15, -0.1) is 0 Å². The largest absolute Gasteiger partial charge is 0.491 e. The molecule has 18 heavy (non-hydrogen) atoms. The van der Waals surface area contributed by atoms with E-state index >= 15 is 0 Å². The SMILES string of the molecule is CCC(N)(CC)COc1ccc([N+](=O)[O-])cc1C. The van der Waals surface area contributed by atoms with Gasteiger partial charge >= 0.3 is 0 Å². The van der Waals surface area contributed by atoms with E-state index in [2.05, 4.69) is 0 Å². The van der Waals surface area contributed by atoms with Crippen LogP contribution in [0.25, 0.3) is 0 Å². The van der Waals surface area contributed by atoms with Crippen molar-refractivity contribution in [2.75, 3.05) is 6.61 Å². The van der Waals surface area contributed by atoms with Crippen molar-refractivity contribution in [3.63, 3.8) is 0 Å². The summed E-state index contributed by atoms with van der Waals surface area (Å²) < 4.78 is 5.67. The van der Waals surface area contributed by atoms with Gasteiger partial charge in [0.05, 0.1) is 4.92 Å². The van der Waals surface area contributed by atoms with Gasteiger partial charge in [0.15, 0.2) is 0 Å². The minimum Gasteiger partial charge on any atom is -0.491 e. The molecule has 0 atom stereocenters. The Kier molecular flexibility index (Phi) is 4.67. The Morgan fingerprint density at radius 1 is 1.39 bits per heavy atom. The predicted octanol–water partition coefficient (Wildman–Crippen LogP) is 2.80. The van der Waals surface area contributed by atoms with Gasteiger partial charge in [0.25, 0.3) is 5.69 Å². The second-order valence-electron chi connectivity index (χ2n) is 4.57. The van der Waals surface area contributed by atoms with Crippen molar-refractivity contribution in [3.8, 4) is 5.75 Å². The molecule has 0 aliphatic carbocycles. The molecule has 1 aromatic rings. The van der Waals surface area contributed by atoms with Crippen molar-refractivity contribution in [2.45, 2.75) is 39.2 Å². The van der Waals surface area contributed by atoms with Crippen LogP contribution in [0, 0.1) is 17.0 Å². The molecule has 1 rings (SSSR count). The number of nitro groups is 1. The highest BCUT2D eigenvalue weighted by Crippen LogP contribution is 2.24. The number of hydrogen-bond donors (Lipinski definition) is 1. The van der Waals surface area contributed by atoms with E-state index in [1.807, 2.05) is 13.8 Å². The van der Waals surface area contributed by atoms with E-state index in [0.29, 0.717) is 12.4 Å². The van der Waals surface area contributed by atoms with Crippen LogP contribution in [0.4, 0.5) is 5.69 Å². The van der Waals surface area contributed by atoms with Crippen LogP contribution in [-0.2, 0) is 0 Å². The minimum atomic E-state index is -0.415. The quantitative estimate of drug-likeness (QED) is 0.623. The Labute approximate surface area is 107 Å². The monoisotopic (exact) mass is 252 g/mol. The number of nitro benzene ring substituents is 1. The average molecular weight is 252 g/mol. The normalized spacial score (nSPS) is 11.3. The van der Waals surface area contributed by atoms with Gasteiger partial charge in [-0.2, -0.15) is 0 Å². The summed E-state index contributed by atoms with van der Waals surface area (Å²) in [5.74, 6) is 0.650. The predicted molar refractivity (Wildman–Crippen MR) is 70.8 cm³/mol. The molecule has 0 aliphatic heterocycles. The third-order valence-electron chi connectivity index (χ3n) is 3.29. The molecule has 0 saturated carbocycles. The lowest BCUT2D eigenvalue weighted by Crippen LogP contribution is -2.44. The van der Waals surface area contributed by atoms with Crippen molar-refractivity contribution >= 4 is 5.69 Å². The highest BCUT2D eigenvalue weighted by Gasteiger charge is 2.21. The van der Waals surface area contributed by atoms with Crippen LogP contribution < -0.4 is 10.5 Å². The van der Waals surface area contributed by atoms with Gasteiger partial charge in [-0.25, -0.2) is 0 Å². The van der Waals surface area contributed by atoms with Crippen LogP contribution in [-0.4, -0.2) is 17.1 Å². The number of benzene rings is 1. The molecule has 0 unspecified atom stereocenters. The minimum absolute atomic E-state index is 0.0739. The molecular formula is C13H20N2O3. The van der Waals surface area contributed by atoms with E-state index in [4.69, 9.17) is 10.5 Å². The summed E-state index contributed by atoms with van der Waals surface area (Å²) >= 11 is 0. The van der Waals surface area contributed by atoms with E-state index < -0.39 is 4.92 Å². The van der Waals surface area contributed by atoms with Gasteiger partial charge in [-0.05, 0) is 31.4 Å². The smallest absolute Gasteiger partial charge is 0.269 e. The third kappa shape index (κ3) is 3.43. The Morgan fingerprint density at radius 2 is 2.00 bits per heavy atom. The summed E-state index contributed by atoms with van der Waals surface area (Å²) in [5.41, 5.74) is 6.62. The molecule has 0 saturated heterocycles. The van der Waals surface area contributed by atoms with Crippen LogP contribution in [0.5, 0.6) is 5.75 Å². The number of rotatable bonds is 6. The molecule has 1 aromatic carbocycles. The second-order valence-corrected chi connectivity index (χ2v) is 4.57. The molecular weight excluding hydrogens is 232 g/mol. The van der Waals surface area contributed by atoms with E-state index in [1.54, 1.807) is 13.0 Å². The zero-order valence-corrected chi connectivity index (χ0v) is 11.1. The van der Waals surface area contributed by atoms with E-state index in [-0.39, 0.29) is 11.2 Å². The Balaban J connectivity index is 2.77. The molecule has 0 heterocycles. The number of non-ortho nitro benzene ring substituents is 1. The first kappa shape index (κ1) is 14.4. The van der Waals surface area contributed by atoms with Crippen molar-refractivity contribution < 1.29 is 9.66 Å². The van der Waals surface area contributed by atoms with Crippen molar-refractivity contribution in [1.82, 2.24) is 0 Å². The summed E-state index contributed by atoms with van der Waals surface area (Å²) in [6.07, 6.45) is 1.66. The van der Waals surface area contributed by atoms with Crippen molar-refractivity contribution in [3.05, 3.63) is 33.9 Å². The van der Waals surface area contributed by atoms with E-state index in [1.165, 1.54) is 12.1 Å². The molecule has 5 nitrogen and oxygen atoms in total. The van der Waals surface area contributed by atoms with Crippen LogP contribution in [0.15, 0.2) is 18.2 Å². The first-order valence-corrected chi connectivity index (χ1v) is 6.08. The maximum Gasteiger partial charge on any atom is 0.269 e. The van der Waals surface area contributed by atoms with Crippen LogP contribution in [0.3, 0.4) is 0 Å². The van der Waals surface area contributed by atoms with Crippen LogP contribution >= 0.6 is 0 Å². The average Bonchev–Trinajstić information content (AvgIpc) is 2.36. The summed E-state index contributed by atoms with van der Waals surface area (Å²) in [6, 6.07) is 4.57. The second kappa shape index (κ2) is 5.82. The van der Waals surface area contributed by atoms with Crippen molar-refractivity contribution in [1.29, 1.82) is 0 Å². The van der Waals surface area contributed by atoms with Gasteiger partial charge in [0, 0.05) is 17.7 Å². The number of nitrogens with zero attached hydrogens (tertiary/aromatic N) is 1. The topological polar surface area (TPSA) is 78.4 Å². The lowest BCUT2D eigenvalue weighted by Gasteiger charge is -2.26. The standard InChI is InChI=1S/C13H20N2O3/c1-4-13(14,5-2)9-18-12-7-6-11(15(16)17)8-10(12)3/h6-8H,4-5,9,14H2,1-3H3. The molecule has 0 bridgehead atoms. The summed E-state index contributed by atoms with van der Waals surface area (Å²) in [6.45, 7) is 6.25. The first-order valence-electron chi connectivity index (χ1n) is 6.08. The van der Waals surface area contributed by atoms with Gasteiger partial charge in [0.1, 0.15) is 12.4 Å². The van der Waals surface area contributed by atoms with Gasteiger partial charge in [-0.3, -0.25) is 10.1 Å². The fraction of sp³-hybridized carbons (Fsp3) is 0.538. The molecule has 0 spiro atoms. The number of ether oxygens (including phenoxy) is 1. The molecule has 0 amide bonds. The van der Waals surface area contributed by atoms with Crippen LogP contribution in [0.1, 0.15) is 32.3 Å². The highest BCUT2D eigenvalue weighted by molar-refractivity contribution is 5.42. The lowest BCUT2D eigenvalue weighted by atomic mass is 9.95. The summed E-state index contributed by atoms with van der Waals surface area (Å²) in [7, 11) is 0. The maximum atomic E-state index is 10.6. The lowest BCUT2D eigenvalue weighted by molar-refractivity contribution is -0.384. The molecule has 0 aliphatic rings. The number of aryl methyl sites for hydroxylation is 1. The van der Waals surface area contributed by atoms with Crippen molar-refractivity contribution in [2.24, 2.45) is 5.73 Å². The Morgan fingerprint density at radius 3 is 2.44 bits per heavy atom. The maximum absolute atomic E-state index is 10.6. The molecule has 0 aromatic heterocycles. The molecule has 0 radical (unpaired) electrons. The Bertz CT molecular complexity index is 428. The first-order chi connectivity index (χ1) is 8.41.